The highest BCUT2D eigenvalue weighted by Crippen LogP contribution is 2.39. The van der Waals surface area contributed by atoms with Crippen molar-refractivity contribution >= 4 is 5.95 Å². The highest BCUT2D eigenvalue weighted by molar-refractivity contribution is 5.49. The van der Waals surface area contributed by atoms with Crippen molar-refractivity contribution in [3.63, 3.8) is 0 Å². The van der Waals surface area contributed by atoms with Gasteiger partial charge in [0.05, 0.1) is 26.2 Å². The zero-order valence-corrected chi connectivity index (χ0v) is 18.2. The van der Waals surface area contributed by atoms with Gasteiger partial charge in [-0.3, -0.25) is 0 Å². The van der Waals surface area contributed by atoms with Gasteiger partial charge >= 0.3 is 0 Å². The number of benzene rings is 1. The Hall–Kier alpha value is -2.14. The summed E-state index contributed by atoms with van der Waals surface area (Å²) < 4.78 is 0. The number of piperazine rings is 1. The molecule has 2 N–H and O–H groups in total. The number of hydrogen-bond donors (Lipinski definition) is 2. The fraction of sp³-hybridized carbons (Fsp3) is 0.565. The summed E-state index contributed by atoms with van der Waals surface area (Å²) in [5.74, 6) is 1.29. The van der Waals surface area contributed by atoms with Crippen molar-refractivity contribution in [2.24, 2.45) is 0 Å². The maximum atomic E-state index is 10.9. The highest BCUT2D eigenvalue weighted by Gasteiger charge is 2.28. The van der Waals surface area contributed by atoms with Gasteiger partial charge in [-0.1, -0.05) is 41.5 Å². The Kier molecular flexibility index (Phi) is 5.67. The monoisotopic (exact) mass is 383 g/mol. The van der Waals surface area contributed by atoms with Gasteiger partial charge in [0.2, 0.25) is 5.95 Å². The van der Waals surface area contributed by atoms with Crippen LogP contribution in [0.3, 0.4) is 0 Å². The van der Waals surface area contributed by atoms with E-state index < -0.39 is 0 Å². The van der Waals surface area contributed by atoms with Crippen molar-refractivity contribution in [2.45, 2.75) is 58.9 Å². The second-order valence-corrected chi connectivity index (χ2v) is 10.0. The minimum Gasteiger partial charge on any atom is -0.507 e. The number of aromatic nitrogens is 2. The summed E-state index contributed by atoms with van der Waals surface area (Å²) in [7, 11) is 0. The molecule has 0 saturated carbocycles. The number of nitrogens with zero attached hydrogens (tertiary/aromatic N) is 3. The van der Waals surface area contributed by atoms with E-state index >= 15 is 0 Å². The van der Waals surface area contributed by atoms with Crippen LogP contribution in [-0.4, -0.2) is 41.3 Å². The molecule has 0 atom stereocenters. The Balaban J connectivity index is 1.77. The van der Waals surface area contributed by atoms with Crippen LogP contribution in [-0.2, 0) is 17.4 Å². The minimum absolute atomic E-state index is 0.0846. The van der Waals surface area contributed by atoms with Gasteiger partial charge in [-0.25, -0.2) is 9.97 Å². The molecule has 0 aliphatic carbocycles. The van der Waals surface area contributed by atoms with Gasteiger partial charge in [0, 0.05) is 29.1 Å². The first-order valence-electron chi connectivity index (χ1n) is 10.3. The zero-order valence-electron chi connectivity index (χ0n) is 18.2. The first-order chi connectivity index (χ1) is 13.1. The number of aromatic hydroxyl groups is 1. The third-order valence-electron chi connectivity index (χ3n) is 5.55. The first kappa shape index (κ1) is 20.6. The molecule has 1 aliphatic rings. The van der Waals surface area contributed by atoms with Crippen LogP contribution < -0.4 is 9.80 Å². The van der Waals surface area contributed by atoms with E-state index in [-0.39, 0.29) is 10.8 Å². The van der Waals surface area contributed by atoms with Crippen LogP contribution in [0.4, 0.5) is 5.95 Å². The Labute approximate surface area is 169 Å². The molecule has 5 nitrogen and oxygen atoms in total. The molecule has 1 saturated heterocycles. The van der Waals surface area contributed by atoms with E-state index in [1.807, 2.05) is 6.07 Å². The maximum absolute atomic E-state index is 10.9. The summed E-state index contributed by atoms with van der Waals surface area (Å²) >= 11 is 0. The standard InChI is InChI=1S/C23H34N4O/c1-22(2,3)18-14-17(15-19(20(18)28)23(4,5)6)16-26-10-12-27(13-11-26)21-24-8-7-9-25-21/h7-9,14-15,28H,10-13,16H2,1-6H3/p+1. The van der Waals surface area contributed by atoms with E-state index in [1.54, 1.807) is 17.3 Å². The Morgan fingerprint density at radius 2 is 1.43 bits per heavy atom. The molecule has 2 aromatic rings. The Morgan fingerprint density at radius 1 is 0.929 bits per heavy atom. The van der Waals surface area contributed by atoms with Gasteiger partial charge < -0.3 is 14.9 Å². The molecule has 1 fully saturated rings. The van der Waals surface area contributed by atoms with E-state index in [0.29, 0.717) is 5.75 Å². The average Bonchev–Trinajstić information content (AvgIpc) is 2.62. The van der Waals surface area contributed by atoms with Gasteiger partial charge in [0.25, 0.3) is 0 Å². The van der Waals surface area contributed by atoms with Crippen LogP contribution in [0.15, 0.2) is 30.6 Å². The van der Waals surface area contributed by atoms with Crippen LogP contribution in [0.2, 0.25) is 0 Å². The highest BCUT2D eigenvalue weighted by atomic mass is 16.3. The molecular formula is C23H35N4O+. The van der Waals surface area contributed by atoms with Crippen molar-refractivity contribution in [2.75, 3.05) is 31.1 Å². The van der Waals surface area contributed by atoms with Gasteiger partial charge in [0.1, 0.15) is 12.3 Å². The Morgan fingerprint density at radius 3 is 1.89 bits per heavy atom. The smallest absolute Gasteiger partial charge is 0.225 e. The molecule has 1 aliphatic heterocycles. The van der Waals surface area contributed by atoms with Crippen LogP contribution >= 0.6 is 0 Å². The largest absolute Gasteiger partial charge is 0.507 e. The molecular weight excluding hydrogens is 348 g/mol. The lowest BCUT2D eigenvalue weighted by Crippen LogP contribution is -3.13. The summed E-state index contributed by atoms with van der Waals surface area (Å²) in [5.41, 5.74) is 3.24. The van der Waals surface area contributed by atoms with Crippen molar-refractivity contribution in [3.8, 4) is 5.75 Å². The number of phenolic OH excluding ortho intramolecular Hbond substituents is 1. The summed E-state index contributed by atoms with van der Waals surface area (Å²) in [6, 6.07) is 6.28. The third kappa shape index (κ3) is 4.64. The summed E-state index contributed by atoms with van der Waals surface area (Å²) in [6.45, 7) is 18.1. The lowest BCUT2D eigenvalue weighted by Gasteiger charge is -2.33. The van der Waals surface area contributed by atoms with Gasteiger partial charge in [-0.05, 0) is 29.0 Å². The quantitative estimate of drug-likeness (QED) is 0.856. The van der Waals surface area contributed by atoms with Crippen LogP contribution in [0.5, 0.6) is 5.75 Å². The number of rotatable bonds is 3. The SMILES string of the molecule is CC(C)(C)c1cc(C[NH+]2CCN(c3ncccn3)CC2)cc(C(C)(C)C)c1O. The number of anilines is 1. The molecule has 2 heterocycles. The van der Waals surface area contributed by atoms with E-state index in [2.05, 4.69) is 68.5 Å². The molecule has 0 amide bonds. The van der Waals surface area contributed by atoms with Crippen LogP contribution in [0.1, 0.15) is 58.2 Å². The number of nitrogens with one attached hydrogen (secondary N) is 1. The van der Waals surface area contributed by atoms with E-state index in [9.17, 15) is 5.11 Å². The molecule has 0 unspecified atom stereocenters. The summed E-state index contributed by atoms with van der Waals surface area (Å²) in [4.78, 5) is 12.6. The summed E-state index contributed by atoms with van der Waals surface area (Å²) in [5, 5.41) is 10.9. The molecule has 1 aromatic carbocycles. The zero-order chi connectivity index (χ0) is 20.5. The Bertz CT molecular complexity index is 763. The van der Waals surface area contributed by atoms with Crippen molar-refractivity contribution in [1.82, 2.24) is 9.97 Å². The fourth-order valence-electron chi connectivity index (χ4n) is 3.88. The van der Waals surface area contributed by atoms with Crippen molar-refractivity contribution in [1.29, 1.82) is 0 Å². The van der Waals surface area contributed by atoms with E-state index in [0.717, 1.165) is 49.8 Å². The third-order valence-corrected chi connectivity index (χ3v) is 5.55. The second-order valence-electron chi connectivity index (χ2n) is 10.0. The van der Waals surface area contributed by atoms with E-state index in [1.165, 1.54) is 5.56 Å². The molecule has 0 spiro atoms. The molecule has 152 valence electrons. The lowest BCUT2D eigenvalue weighted by molar-refractivity contribution is -0.914. The van der Waals surface area contributed by atoms with Crippen molar-refractivity contribution < 1.29 is 10.0 Å². The van der Waals surface area contributed by atoms with Crippen molar-refractivity contribution in [3.05, 3.63) is 47.3 Å². The number of phenols is 1. The van der Waals surface area contributed by atoms with Gasteiger partial charge in [0.15, 0.2) is 0 Å². The van der Waals surface area contributed by atoms with Crippen LogP contribution in [0.25, 0.3) is 0 Å². The molecule has 3 rings (SSSR count). The molecule has 0 radical (unpaired) electrons. The molecule has 5 heteroatoms. The number of hydrogen-bond acceptors (Lipinski definition) is 4. The second kappa shape index (κ2) is 7.70. The topological polar surface area (TPSA) is 53.7 Å². The molecule has 28 heavy (non-hydrogen) atoms. The normalized spacial score (nSPS) is 16.4. The number of quaternary nitrogens is 1. The minimum atomic E-state index is -0.0846. The summed E-state index contributed by atoms with van der Waals surface area (Å²) in [6.07, 6.45) is 3.61. The predicted molar refractivity (Wildman–Crippen MR) is 114 cm³/mol. The van der Waals surface area contributed by atoms with E-state index in [4.69, 9.17) is 0 Å². The molecule has 0 bridgehead atoms. The first-order valence-corrected chi connectivity index (χ1v) is 10.3. The lowest BCUT2D eigenvalue weighted by atomic mass is 9.78. The maximum Gasteiger partial charge on any atom is 0.225 e. The fourth-order valence-corrected chi connectivity index (χ4v) is 3.88. The molecule has 1 aromatic heterocycles. The van der Waals surface area contributed by atoms with Crippen LogP contribution in [0, 0.1) is 0 Å². The average molecular weight is 384 g/mol. The predicted octanol–water partition coefficient (Wildman–Crippen LogP) is 2.68. The van der Waals surface area contributed by atoms with Gasteiger partial charge in [-0.15, -0.1) is 0 Å². The van der Waals surface area contributed by atoms with Gasteiger partial charge in [-0.2, -0.15) is 0 Å².